The molecular formula is C16H8ClN3O6. The molecule has 1 aliphatic heterocycles. The molecule has 26 heavy (non-hydrogen) atoms. The first-order valence-electron chi connectivity index (χ1n) is 7.06. The highest BCUT2D eigenvalue weighted by Crippen LogP contribution is 2.27. The third-order valence-corrected chi connectivity index (χ3v) is 3.71. The van der Waals surface area contributed by atoms with Gasteiger partial charge in [-0.15, -0.1) is 0 Å². The van der Waals surface area contributed by atoms with Crippen LogP contribution in [0.4, 0.5) is 11.4 Å². The maximum Gasteiger partial charge on any atom is 0.363 e. The van der Waals surface area contributed by atoms with Gasteiger partial charge in [0.05, 0.1) is 9.85 Å². The van der Waals surface area contributed by atoms with Crippen molar-refractivity contribution in [1.29, 1.82) is 0 Å². The molecule has 0 atom stereocenters. The van der Waals surface area contributed by atoms with Crippen molar-refractivity contribution in [1.82, 2.24) is 0 Å². The molecule has 0 spiro atoms. The van der Waals surface area contributed by atoms with Crippen LogP contribution in [0.15, 0.2) is 53.2 Å². The van der Waals surface area contributed by atoms with E-state index in [9.17, 15) is 25.0 Å². The van der Waals surface area contributed by atoms with Crippen LogP contribution in [-0.4, -0.2) is 21.7 Å². The van der Waals surface area contributed by atoms with E-state index in [1.54, 1.807) is 6.07 Å². The molecule has 0 amide bonds. The number of halogens is 1. The molecule has 0 saturated carbocycles. The lowest BCUT2D eigenvalue weighted by Gasteiger charge is -2.00. The van der Waals surface area contributed by atoms with Crippen molar-refractivity contribution in [3.05, 3.63) is 84.5 Å². The molecule has 9 nitrogen and oxygen atoms in total. The van der Waals surface area contributed by atoms with E-state index in [1.807, 2.05) is 0 Å². The maximum absolute atomic E-state index is 12.0. The predicted octanol–water partition coefficient (Wildman–Crippen LogP) is 3.50. The van der Waals surface area contributed by atoms with Gasteiger partial charge >= 0.3 is 5.97 Å². The van der Waals surface area contributed by atoms with Crippen LogP contribution in [0.2, 0.25) is 5.02 Å². The monoisotopic (exact) mass is 373 g/mol. The number of cyclic esters (lactones) is 1. The number of nitro benzene ring substituents is 2. The number of non-ortho nitro benzene ring substituents is 1. The molecule has 0 radical (unpaired) electrons. The van der Waals surface area contributed by atoms with Crippen LogP contribution < -0.4 is 0 Å². The van der Waals surface area contributed by atoms with Crippen molar-refractivity contribution in [3.8, 4) is 0 Å². The first-order chi connectivity index (χ1) is 12.3. The molecule has 0 unspecified atom stereocenters. The molecule has 2 aromatic rings. The van der Waals surface area contributed by atoms with Gasteiger partial charge in [0.1, 0.15) is 5.02 Å². The predicted molar refractivity (Wildman–Crippen MR) is 91.8 cm³/mol. The van der Waals surface area contributed by atoms with Gasteiger partial charge in [0.25, 0.3) is 11.4 Å². The number of benzene rings is 2. The third-order valence-electron chi connectivity index (χ3n) is 3.39. The number of nitro groups is 2. The number of esters is 1. The fourth-order valence-electron chi connectivity index (χ4n) is 2.20. The summed E-state index contributed by atoms with van der Waals surface area (Å²) in [5.41, 5.74) is 0.0236. The molecule has 3 rings (SSSR count). The van der Waals surface area contributed by atoms with Gasteiger partial charge in [-0.3, -0.25) is 20.2 Å². The van der Waals surface area contributed by atoms with Crippen LogP contribution >= 0.6 is 11.6 Å². The Morgan fingerprint density at radius 3 is 2.54 bits per heavy atom. The Labute approximate surface area is 150 Å². The second-order valence-electron chi connectivity index (χ2n) is 5.11. The SMILES string of the molecule is O=C1OC(c2ccc(Cl)c([N+](=O)[O-])c2)=NC1=Cc1cccc([N+](=O)[O-])c1. The van der Waals surface area contributed by atoms with Crippen molar-refractivity contribution in [2.24, 2.45) is 4.99 Å². The van der Waals surface area contributed by atoms with Gasteiger partial charge in [0.2, 0.25) is 5.90 Å². The van der Waals surface area contributed by atoms with Gasteiger partial charge in [0.15, 0.2) is 5.70 Å². The van der Waals surface area contributed by atoms with E-state index in [-0.39, 0.29) is 33.6 Å². The summed E-state index contributed by atoms with van der Waals surface area (Å²) >= 11 is 5.75. The zero-order valence-corrected chi connectivity index (χ0v) is 13.5. The first kappa shape index (κ1) is 17.2. The van der Waals surface area contributed by atoms with Crippen molar-refractivity contribution < 1.29 is 19.4 Å². The number of rotatable bonds is 4. The van der Waals surface area contributed by atoms with Crippen LogP contribution in [0.3, 0.4) is 0 Å². The number of nitrogens with zero attached hydrogens (tertiary/aromatic N) is 3. The number of ether oxygens (including phenoxy) is 1. The fourth-order valence-corrected chi connectivity index (χ4v) is 2.39. The van der Waals surface area contributed by atoms with Gasteiger partial charge in [-0.05, 0) is 23.8 Å². The van der Waals surface area contributed by atoms with Crippen molar-refractivity contribution >= 4 is 40.9 Å². The van der Waals surface area contributed by atoms with E-state index in [0.717, 1.165) is 6.07 Å². The van der Waals surface area contributed by atoms with Gasteiger partial charge in [-0.25, -0.2) is 9.79 Å². The average Bonchev–Trinajstić information content (AvgIpc) is 2.96. The standard InChI is InChI=1S/C16H8ClN3O6/c17-12-5-4-10(8-14(12)20(24)25)15-18-13(16(21)26-15)7-9-2-1-3-11(6-9)19(22)23/h1-8H. The number of carbonyl (C=O) groups excluding carboxylic acids is 1. The Balaban J connectivity index is 1.97. The van der Waals surface area contributed by atoms with Crippen LogP contribution in [0.5, 0.6) is 0 Å². The Morgan fingerprint density at radius 1 is 1.08 bits per heavy atom. The van der Waals surface area contributed by atoms with E-state index < -0.39 is 15.8 Å². The molecule has 0 saturated heterocycles. The van der Waals surface area contributed by atoms with E-state index in [0.29, 0.717) is 5.56 Å². The molecule has 130 valence electrons. The minimum Gasteiger partial charge on any atom is -0.402 e. The molecule has 0 bridgehead atoms. The quantitative estimate of drug-likeness (QED) is 0.349. The Bertz CT molecular complexity index is 1010. The maximum atomic E-state index is 12.0. The minimum atomic E-state index is -0.774. The summed E-state index contributed by atoms with van der Waals surface area (Å²) < 4.78 is 5.03. The number of hydrogen-bond donors (Lipinski definition) is 0. The average molecular weight is 374 g/mol. The molecule has 0 N–H and O–H groups in total. The highest BCUT2D eigenvalue weighted by atomic mass is 35.5. The summed E-state index contributed by atoms with van der Waals surface area (Å²) in [6, 6.07) is 9.50. The Morgan fingerprint density at radius 2 is 1.85 bits per heavy atom. The van der Waals surface area contributed by atoms with E-state index in [1.165, 1.54) is 36.4 Å². The molecule has 0 fully saturated rings. The normalized spacial score (nSPS) is 14.9. The first-order valence-corrected chi connectivity index (χ1v) is 7.44. The van der Waals surface area contributed by atoms with Crippen LogP contribution in [0.25, 0.3) is 6.08 Å². The smallest absolute Gasteiger partial charge is 0.363 e. The van der Waals surface area contributed by atoms with Crippen molar-refractivity contribution in [2.45, 2.75) is 0 Å². The fraction of sp³-hybridized carbons (Fsp3) is 0. The zero-order chi connectivity index (χ0) is 18.8. The summed E-state index contributed by atoms with van der Waals surface area (Å²) in [6.07, 6.45) is 1.33. The van der Waals surface area contributed by atoms with Gasteiger partial charge in [0, 0.05) is 23.8 Å². The molecule has 0 aliphatic carbocycles. The minimum absolute atomic E-state index is 0.0592. The number of hydrogen-bond acceptors (Lipinski definition) is 7. The summed E-state index contributed by atoms with van der Waals surface area (Å²) in [5, 5.41) is 21.7. The topological polar surface area (TPSA) is 125 Å². The summed E-state index contributed by atoms with van der Waals surface area (Å²) in [7, 11) is 0. The molecule has 1 heterocycles. The molecular weight excluding hydrogens is 366 g/mol. The second kappa shape index (κ2) is 6.73. The van der Waals surface area contributed by atoms with Gasteiger partial charge < -0.3 is 4.74 Å². The van der Waals surface area contributed by atoms with Crippen LogP contribution in [0, 0.1) is 20.2 Å². The van der Waals surface area contributed by atoms with Crippen molar-refractivity contribution in [3.63, 3.8) is 0 Å². The van der Waals surface area contributed by atoms with E-state index in [4.69, 9.17) is 16.3 Å². The number of carbonyl (C=O) groups is 1. The largest absolute Gasteiger partial charge is 0.402 e. The summed E-state index contributed by atoms with van der Waals surface area (Å²) in [4.78, 5) is 36.5. The van der Waals surface area contributed by atoms with Crippen molar-refractivity contribution in [2.75, 3.05) is 0 Å². The second-order valence-corrected chi connectivity index (χ2v) is 5.52. The van der Waals surface area contributed by atoms with Crippen LogP contribution in [-0.2, 0) is 9.53 Å². The lowest BCUT2D eigenvalue weighted by molar-refractivity contribution is -0.385. The molecule has 2 aromatic carbocycles. The lowest BCUT2D eigenvalue weighted by atomic mass is 10.1. The van der Waals surface area contributed by atoms with Crippen LogP contribution in [0.1, 0.15) is 11.1 Å². The molecule has 0 aromatic heterocycles. The highest BCUT2D eigenvalue weighted by molar-refractivity contribution is 6.32. The summed E-state index contributed by atoms with van der Waals surface area (Å²) in [5.74, 6) is -0.893. The Kier molecular flexibility index (Phi) is 4.46. The summed E-state index contributed by atoms with van der Waals surface area (Å²) in [6.45, 7) is 0. The zero-order valence-electron chi connectivity index (χ0n) is 12.8. The highest BCUT2D eigenvalue weighted by Gasteiger charge is 2.26. The van der Waals surface area contributed by atoms with E-state index in [2.05, 4.69) is 4.99 Å². The Hall–Kier alpha value is -3.59. The number of aliphatic imine (C=N–C) groups is 1. The van der Waals surface area contributed by atoms with E-state index >= 15 is 0 Å². The molecule has 1 aliphatic rings. The van der Waals surface area contributed by atoms with Gasteiger partial charge in [-0.1, -0.05) is 23.7 Å². The van der Waals surface area contributed by atoms with Gasteiger partial charge in [-0.2, -0.15) is 0 Å². The molecule has 10 heteroatoms. The third kappa shape index (κ3) is 3.42. The lowest BCUT2D eigenvalue weighted by Crippen LogP contribution is -2.06.